The third kappa shape index (κ3) is 4.36. The van der Waals surface area contributed by atoms with Gasteiger partial charge in [-0.3, -0.25) is 24.5 Å². The number of ketones is 1. The third-order valence-corrected chi connectivity index (χ3v) is 7.04. The van der Waals surface area contributed by atoms with Gasteiger partial charge in [0.1, 0.15) is 17.6 Å². The number of methoxy groups -OCH3 is 1. The molecule has 4 rings (SSSR count). The lowest BCUT2D eigenvalue weighted by molar-refractivity contribution is -0.137. The summed E-state index contributed by atoms with van der Waals surface area (Å²) in [4.78, 5) is 51.4. The van der Waals surface area contributed by atoms with Crippen LogP contribution in [0.25, 0.3) is 0 Å². The van der Waals surface area contributed by atoms with Gasteiger partial charge in [-0.15, -0.1) is 11.3 Å². The number of hydrogen-bond acceptors (Lipinski definition) is 6. The van der Waals surface area contributed by atoms with Gasteiger partial charge in [-0.1, -0.05) is 17.7 Å². The summed E-state index contributed by atoms with van der Waals surface area (Å²) in [5.74, 6) is -0.298. The molecule has 1 aromatic carbocycles. The topological polar surface area (TPSA) is 92.8 Å². The first kappa shape index (κ1) is 21.5. The zero-order chi connectivity index (χ0) is 22.1. The molecule has 1 aromatic heterocycles. The van der Waals surface area contributed by atoms with Gasteiger partial charge in [-0.25, -0.2) is 0 Å². The van der Waals surface area contributed by atoms with Crippen LogP contribution < -0.4 is 10.1 Å². The number of Topliss-reactive ketones (excluding diaryl/α,β-unsaturated/α-hetero) is 1. The SMILES string of the molecule is COc1cc(CC(=O)CCc2scc3c2CN(C2CCC(=O)NC2=O)C3=O)ccc1Cl. The van der Waals surface area contributed by atoms with Gasteiger partial charge in [0.15, 0.2) is 0 Å². The second kappa shape index (κ2) is 8.80. The van der Waals surface area contributed by atoms with Crippen molar-refractivity contribution in [1.82, 2.24) is 10.2 Å². The molecule has 3 amide bonds. The quantitative estimate of drug-likeness (QED) is 0.641. The highest BCUT2D eigenvalue weighted by molar-refractivity contribution is 7.10. The molecule has 1 N–H and O–H groups in total. The molecule has 1 unspecified atom stereocenters. The molecule has 0 saturated carbocycles. The van der Waals surface area contributed by atoms with Gasteiger partial charge in [0.05, 0.1) is 17.7 Å². The zero-order valence-electron chi connectivity index (χ0n) is 16.9. The molecule has 1 atom stereocenters. The number of hydrogen-bond donors (Lipinski definition) is 1. The number of rotatable bonds is 7. The molecule has 1 fully saturated rings. The van der Waals surface area contributed by atoms with Crippen LogP contribution in [-0.4, -0.2) is 41.6 Å². The molecule has 2 aromatic rings. The van der Waals surface area contributed by atoms with Crippen LogP contribution in [0.15, 0.2) is 23.6 Å². The van der Waals surface area contributed by atoms with Gasteiger partial charge >= 0.3 is 0 Å². The normalized spacial score (nSPS) is 18.2. The number of carbonyl (C=O) groups excluding carboxylic acids is 4. The monoisotopic (exact) mass is 460 g/mol. The molecule has 31 heavy (non-hydrogen) atoms. The molecular weight excluding hydrogens is 440 g/mol. The summed E-state index contributed by atoms with van der Waals surface area (Å²) >= 11 is 7.50. The van der Waals surface area contributed by atoms with Crippen LogP contribution in [0.1, 0.15) is 45.6 Å². The highest BCUT2D eigenvalue weighted by Gasteiger charge is 2.40. The second-order valence-corrected chi connectivity index (χ2v) is 9.01. The van der Waals surface area contributed by atoms with Gasteiger partial charge < -0.3 is 9.64 Å². The largest absolute Gasteiger partial charge is 0.495 e. The Morgan fingerprint density at radius 2 is 2.13 bits per heavy atom. The van der Waals surface area contributed by atoms with Crippen molar-refractivity contribution >= 4 is 46.4 Å². The molecule has 9 heteroatoms. The van der Waals surface area contributed by atoms with Crippen LogP contribution in [0.4, 0.5) is 0 Å². The number of halogens is 1. The molecule has 2 aliphatic heterocycles. The molecular formula is C22H21ClN2O5S. The maximum absolute atomic E-state index is 12.8. The maximum Gasteiger partial charge on any atom is 0.256 e. The number of nitrogens with zero attached hydrogens (tertiary/aromatic N) is 1. The molecule has 2 aliphatic rings. The van der Waals surface area contributed by atoms with E-state index >= 15 is 0 Å². The third-order valence-electron chi connectivity index (χ3n) is 5.63. The Labute approximate surface area is 188 Å². The summed E-state index contributed by atoms with van der Waals surface area (Å²) in [5.41, 5.74) is 2.32. The predicted molar refractivity (Wildman–Crippen MR) is 115 cm³/mol. The summed E-state index contributed by atoms with van der Waals surface area (Å²) < 4.78 is 5.19. The molecule has 0 radical (unpaired) electrons. The minimum absolute atomic E-state index is 0.0814. The number of ether oxygens (including phenoxy) is 1. The number of amides is 3. The number of carbonyl (C=O) groups is 4. The number of benzene rings is 1. The van der Waals surface area contributed by atoms with Crippen molar-refractivity contribution in [3.8, 4) is 5.75 Å². The summed E-state index contributed by atoms with van der Waals surface area (Å²) in [6.07, 6.45) is 1.74. The first-order chi connectivity index (χ1) is 14.9. The Morgan fingerprint density at radius 1 is 1.32 bits per heavy atom. The summed E-state index contributed by atoms with van der Waals surface area (Å²) in [7, 11) is 1.53. The van der Waals surface area contributed by atoms with Crippen LogP contribution in [-0.2, 0) is 33.8 Å². The van der Waals surface area contributed by atoms with Gasteiger partial charge in [0.25, 0.3) is 5.91 Å². The van der Waals surface area contributed by atoms with Gasteiger partial charge in [0.2, 0.25) is 11.8 Å². The van der Waals surface area contributed by atoms with Crippen molar-refractivity contribution < 1.29 is 23.9 Å². The van der Waals surface area contributed by atoms with Crippen molar-refractivity contribution in [2.75, 3.05) is 7.11 Å². The van der Waals surface area contributed by atoms with E-state index in [0.29, 0.717) is 42.1 Å². The second-order valence-electron chi connectivity index (χ2n) is 7.64. The average Bonchev–Trinajstić information content (AvgIpc) is 3.28. The lowest BCUT2D eigenvalue weighted by Crippen LogP contribution is -2.52. The smallest absolute Gasteiger partial charge is 0.256 e. The highest BCUT2D eigenvalue weighted by Crippen LogP contribution is 2.34. The Hall–Kier alpha value is -2.71. The Kier molecular flexibility index (Phi) is 6.11. The van der Waals surface area contributed by atoms with E-state index in [1.54, 1.807) is 17.5 Å². The van der Waals surface area contributed by atoms with Gasteiger partial charge in [0, 0.05) is 36.1 Å². The molecule has 7 nitrogen and oxygen atoms in total. The van der Waals surface area contributed by atoms with E-state index in [2.05, 4.69) is 5.32 Å². The van der Waals surface area contributed by atoms with E-state index in [9.17, 15) is 19.2 Å². The van der Waals surface area contributed by atoms with E-state index < -0.39 is 11.9 Å². The lowest BCUT2D eigenvalue weighted by atomic mass is 10.0. The van der Waals surface area contributed by atoms with Gasteiger partial charge in [-0.05, 0) is 36.1 Å². The molecule has 0 aliphatic carbocycles. The van der Waals surface area contributed by atoms with E-state index in [4.69, 9.17) is 16.3 Å². The summed E-state index contributed by atoms with van der Waals surface area (Å²) in [6, 6.07) is 4.66. The fraction of sp³-hybridized carbons (Fsp3) is 0.364. The zero-order valence-corrected chi connectivity index (χ0v) is 18.5. The maximum atomic E-state index is 12.8. The van der Waals surface area contributed by atoms with Crippen LogP contribution >= 0.6 is 22.9 Å². The highest BCUT2D eigenvalue weighted by atomic mass is 35.5. The number of imide groups is 1. The number of thiophene rings is 1. The van der Waals surface area contributed by atoms with Crippen LogP contribution in [0.2, 0.25) is 5.02 Å². The van der Waals surface area contributed by atoms with Crippen molar-refractivity contribution in [3.05, 3.63) is 50.2 Å². The first-order valence-corrected chi connectivity index (χ1v) is 11.2. The van der Waals surface area contributed by atoms with Crippen molar-refractivity contribution in [1.29, 1.82) is 0 Å². The molecule has 162 valence electrons. The minimum atomic E-state index is -0.628. The van der Waals surface area contributed by atoms with Gasteiger partial charge in [-0.2, -0.15) is 0 Å². The fourth-order valence-corrected chi connectivity index (χ4v) is 5.23. The first-order valence-electron chi connectivity index (χ1n) is 9.95. The average molecular weight is 461 g/mol. The van der Waals surface area contributed by atoms with Crippen LogP contribution in [0.3, 0.4) is 0 Å². The summed E-state index contributed by atoms with van der Waals surface area (Å²) in [6.45, 7) is 0.335. The van der Waals surface area contributed by atoms with Crippen LogP contribution in [0, 0.1) is 0 Å². The fourth-order valence-electron chi connectivity index (χ4n) is 4.00. The molecule has 1 saturated heterocycles. The predicted octanol–water partition coefficient (Wildman–Crippen LogP) is 2.92. The number of aryl methyl sites for hydroxylation is 1. The van der Waals surface area contributed by atoms with E-state index in [1.807, 2.05) is 6.07 Å². The van der Waals surface area contributed by atoms with E-state index in [-0.39, 0.29) is 30.4 Å². The number of nitrogens with one attached hydrogen (secondary N) is 1. The molecule has 0 bridgehead atoms. The van der Waals surface area contributed by atoms with Crippen molar-refractivity contribution in [2.24, 2.45) is 0 Å². The number of fused-ring (bicyclic) bond motifs is 1. The van der Waals surface area contributed by atoms with Crippen molar-refractivity contribution in [2.45, 2.75) is 44.7 Å². The Morgan fingerprint density at radius 3 is 2.87 bits per heavy atom. The Balaban J connectivity index is 1.39. The number of piperidine rings is 1. The molecule has 0 spiro atoms. The standard InChI is InChI=1S/C22H21ClN2O5S/c1-30-18-9-12(2-4-16(18)23)8-13(26)3-6-19-14-10-25(22(29)15(14)11-31-19)17-5-7-20(27)24-21(17)28/h2,4,9,11,17H,3,5-8,10H2,1H3,(H,24,27,28). The molecule has 3 heterocycles. The van der Waals surface area contributed by atoms with E-state index in [0.717, 1.165) is 16.0 Å². The Bertz CT molecular complexity index is 1080. The van der Waals surface area contributed by atoms with E-state index in [1.165, 1.54) is 23.3 Å². The van der Waals surface area contributed by atoms with Crippen LogP contribution in [0.5, 0.6) is 5.75 Å². The minimum Gasteiger partial charge on any atom is -0.495 e. The summed E-state index contributed by atoms with van der Waals surface area (Å²) in [5, 5.41) is 4.60. The van der Waals surface area contributed by atoms with Crippen molar-refractivity contribution in [3.63, 3.8) is 0 Å². The lowest BCUT2D eigenvalue weighted by Gasteiger charge is -2.29.